The normalized spacial score (nSPS) is 11.9. The molecule has 3 N–H and O–H groups in total. The van der Waals surface area contributed by atoms with Gasteiger partial charge in [-0.2, -0.15) is 0 Å². The number of H-pyrrole nitrogens is 1. The molecule has 0 spiro atoms. The third-order valence-electron chi connectivity index (χ3n) is 3.49. The Hall–Kier alpha value is -2.27. The summed E-state index contributed by atoms with van der Waals surface area (Å²) in [6.07, 6.45) is 3.48. The average Bonchev–Trinajstić information content (AvgIpc) is 2.94. The van der Waals surface area contributed by atoms with Crippen molar-refractivity contribution in [1.29, 1.82) is 0 Å². The van der Waals surface area contributed by atoms with Gasteiger partial charge in [-0.3, -0.25) is 0 Å². The number of imidazole rings is 1. The lowest BCUT2D eigenvalue weighted by atomic mass is 9.92. The van der Waals surface area contributed by atoms with Crippen LogP contribution in [0, 0.1) is 0 Å². The molecular weight excluding hydrogens is 250 g/mol. The summed E-state index contributed by atoms with van der Waals surface area (Å²) >= 11 is 0. The summed E-state index contributed by atoms with van der Waals surface area (Å²) in [6.45, 7) is 4.60. The van der Waals surface area contributed by atoms with Crippen molar-refractivity contribution in [2.45, 2.75) is 19.3 Å². The standard InChI is InChI=1S/C15H17N5/c1-15(2,8-16)14-17-6-5-11(20-14)10-3-4-12-13(7-10)19-9-18-12/h3-7,9H,8,16H2,1-2H3,(H,18,19). The quantitative estimate of drug-likeness (QED) is 0.762. The van der Waals surface area contributed by atoms with Crippen LogP contribution in [0.25, 0.3) is 22.3 Å². The number of aromatic amines is 1. The first-order chi connectivity index (χ1) is 9.60. The minimum absolute atomic E-state index is 0.228. The highest BCUT2D eigenvalue weighted by molar-refractivity contribution is 5.80. The van der Waals surface area contributed by atoms with Crippen molar-refractivity contribution in [1.82, 2.24) is 19.9 Å². The zero-order chi connectivity index (χ0) is 14.2. The van der Waals surface area contributed by atoms with Crippen molar-refractivity contribution in [3.63, 3.8) is 0 Å². The topological polar surface area (TPSA) is 80.5 Å². The summed E-state index contributed by atoms with van der Waals surface area (Å²) in [5.41, 5.74) is 9.45. The lowest BCUT2D eigenvalue weighted by Crippen LogP contribution is -2.30. The molecular formula is C15H17N5. The molecule has 0 unspecified atom stereocenters. The second-order valence-electron chi connectivity index (χ2n) is 5.49. The summed E-state index contributed by atoms with van der Waals surface area (Å²) in [6, 6.07) is 7.96. The van der Waals surface area contributed by atoms with E-state index in [1.54, 1.807) is 12.5 Å². The number of nitrogens with two attached hydrogens (primary N) is 1. The fraction of sp³-hybridized carbons (Fsp3) is 0.267. The van der Waals surface area contributed by atoms with E-state index >= 15 is 0 Å². The van der Waals surface area contributed by atoms with Gasteiger partial charge in [0.15, 0.2) is 0 Å². The number of fused-ring (bicyclic) bond motifs is 1. The highest BCUT2D eigenvalue weighted by Crippen LogP contribution is 2.24. The number of aromatic nitrogens is 4. The Bertz CT molecular complexity index is 745. The number of benzene rings is 1. The predicted molar refractivity (Wildman–Crippen MR) is 79.2 cm³/mol. The Balaban J connectivity index is 2.07. The molecule has 0 aliphatic rings. The maximum absolute atomic E-state index is 5.79. The van der Waals surface area contributed by atoms with Crippen molar-refractivity contribution >= 4 is 11.0 Å². The Morgan fingerprint density at radius 3 is 2.85 bits per heavy atom. The van der Waals surface area contributed by atoms with Crippen LogP contribution in [0.5, 0.6) is 0 Å². The number of rotatable bonds is 3. The summed E-state index contributed by atoms with van der Waals surface area (Å²) in [7, 11) is 0. The van der Waals surface area contributed by atoms with Gasteiger partial charge in [-0.15, -0.1) is 0 Å². The maximum atomic E-state index is 5.79. The van der Waals surface area contributed by atoms with Crippen LogP contribution in [-0.4, -0.2) is 26.5 Å². The van der Waals surface area contributed by atoms with E-state index in [9.17, 15) is 0 Å². The lowest BCUT2D eigenvalue weighted by Gasteiger charge is -2.20. The van der Waals surface area contributed by atoms with Gasteiger partial charge in [0.05, 0.1) is 23.1 Å². The number of nitrogens with zero attached hydrogens (tertiary/aromatic N) is 3. The molecule has 102 valence electrons. The zero-order valence-electron chi connectivity index (χ0n) is 11.6. The van der Waals surface area contributed by atoms with Crippen molar-refractivity contribution < 1.29 is 0 Å². The summed E-state index contributed by atoms with van der Waals surface area (Å²) in [5.74, 6) is 0.766. The smallest absolute Gasteiger partial charge is 0.135 e. The first kappa shape index (κ1) is 12.7. The molecule has 5 nitrogen and oxygen atoms in total. The minimum atomic E-state index is -0.228. The molecule has 0 radical (unpaired) electrons. The molecule has 3 aromatic rings. The molecule has 2 heterocycles. The van der Waals surface area contributed by atoms with E-state index in [1.807, 2.05) is 38.1 Å². The molecule has 0 aliphatic heterocycles. The molecule has 0 saturated heterocycles. The van der Waals surface area contributed by atoms with Crippen molar-refractivity contribution in [2.24, 2.45) is 5.73 Å². The number of nitrogens with one attached hydrogen (secondary N) is 1. The molecule has 0 amide bonds. The van der Waals surface area contributed by atoms with Gasteiger partial charge in [0, 0.05) is 23.7 Å². The highest BCUT2D eigenvalue weighted by atomic mass is 14.9. The third-order valence-corrected chi connectivity index (χ3v) is 3.49. The molecule has 0 fully saturated rings. The molecule has 0 aliphatic carbocycles. The lowest BCUT2D eigenvalue weighted by molar-refractivity contribution is 0.503. The number of hydrogen-bond acceptors (Lipinski definition) is 4. The molecule has 5 heteroatoms. The third kappa shape index (κ3) is 2.16. The molecule has 3 rings (SSSR count). The van der Waals surface area contributed by atoms with Gasteiger partial charge in [-0.05, 0) is 18.2 Å². The van der Waals surface area contributed by atoms with E-state index in [1.165, 1.54) is 0 Å². The fourth-order valence-corrected chi connectivity index (χ4v) is 2.03. The molecule has 0 bridgehead atoms. The van der Waals surface area contributed by atoms with Crippen LogP contribution in [-0.2, 0) is 5.41 Å². The molecule has 1 aromatic carbocycles. The van der Waals surface area contributed by atoms with Crippen LogP contribution in [0.15, 0.2) is 36.8 Å². The van der Waals surface area contributed by atoms with E-state index in [0.29, 0.717) is 6.54 Å². The Kier molecular flexibility index (Phi) is 2.99. The Labute approximate surface area is 117 Å². The molecule has 2 aromatic heterocycles. The second kappa shape index (κ2) is 4.68. The van der Waals surface area contributed by atoms with Crippen molar-refractivity contribution in [3.05, 3.63) is 42.6 Å². The van der Waals surface area contributed by atoms with E-state index < -0.39 is 0 Å². The second-order valence-corrected chi connectivity index (χ2v) is 5.49. The van der Waals surface area contributed by atoms with Crippen molar-refractivity contribution in [3.8, 4) is 11.3 Å². The van der Waals surface area contributed by atoms with Gasteiger partial charge in [-0.25, -0.2) is 15.0 Å². The summed E-state index contributed by atoms with van der Waals surface area (Å²) < 4.78 is 0. The van der Waals surface area contributed by atoms with Crippen LogP contribution in [0.2, 0.25) is 0 Å². The SMILES string of the molecule is CC(C)(CN)c1nccc(-c2ccc3nc[nH]c3c2)n1. The summed E-state index contributed by atoms with van der Waals surface area (Å²) in [4.78, 5) is 16.3. The van der Waals surface area contributed by atoms with Crippen LogP contribution < -0.4 is 5.73 Å². The van der Waals surface area contributed by atoms with Crippen LogP contribution in [0.4, 0.5) is 0 Å². The van der Waals surface area contributed by atoms with Gasteiger partial charge in [-0.1, -0.05) is 19.9 Å². The first-order valence-corrected chi connectivity index (χ1v) is 6.57. The highest BCUT2D eigenvalue weighted by Gasteiger charge is 2.22. The minimum Gasteiger partial charge on any atom is -0.345 e. The average molecular weight is 267 g/mol. The van der Waals surface area contributed by atoms with E-state index in [-0.39, 0.29) is 5.41 Å². The van der Waals surface area contributed by atoms with Gasteiger partial charge < -0.3 is 10.7 Å². The first-order valence-electron chi connectivity index (χ1n) is 6.57. The maximum Gasteiger partial charge on any atom is 0.135 e. The molecule has 0 atom stereocenters. The fourth-order valence-electron chi connectivity index (χ4n) is 2.03. The largest absolute Gasteiger partial charge is 0.345 e. The van der Waals surface area contributed by atoms with Crippen molar-refractivity contribution in [2.75, 3.05) is 6.54 Å². The Morgan fingerprint density at radius 1 is 1.20 bits per heavy atom. The van der Waals surface area contributed by atoms with E-state index in [0.717, 1.165) is 28.1 Å². The van der Waals surface area contributed by atoms with Gasteiger partial charge in [0.2, 0.25) is 0 Å². The van der Waals surface area contributed by atoms with Gasteiger partial charge in [0.25, 0.3) is 0 Å². The van der Waals surface area contributed by atoms with E-state index in [2.05, 4.69) is 19.9 Å². The number of hydrogen-bond donors (Lipinski definition) is 2. The van der Waals surface area contributed by atoms with Crippen LogP contribution >= 0.6 is 0 Å². The van der Waals surface area contributed by atoms with Gasteiger partial charge >= 0.3 is 0 Å². The van der Waals surface area contributed by atoms with Crippen LogP contribution in [0.3, 0.4) is 0 Å². The Morgan fingerprint density at radius 2 is 2.05 bits per heavy atom. The monoisotopic (exact) mass is 267 g/mol. The van der Waals surface area contributed by atoms with Gasteiger partial charge in [0.1, 0.15) is 5.82 Å². The molecule has 0 saturated carbocycles. The van der Waals surface area contributed by atoms with E-state index in [4.69, 9.17) is 5.73 Å². The predicted octanol–water partition coefficient (Wildman–Crippen LogP) is 2.26. The van der Waals surface area contributed by atoms with Crippen LogP contribution in [0.1, 0.15) is 19.7 Å². The molecule has 20 heavy (non-hydrogen) atoms. The summed E-state index contributed by atoms with van der Waals surface area (Å²) in [5, 5.41) is 0. The zero-order valence-corrected chi connectivity index (χ0v) is 11.6.